The topological polar surface area (TPSA) is 61.6 Å². The predicted octanol–water partition coefficient (Wildman–Crippen LogP) is 0.603. The quantitative estimate of drug-likeness (QED) is 0.775. The lowest BCUT2D eigenvalue weighted by atomic mass is 10.0. The molecule has 2 heterocycles. The number of likely N-dealkylation sites (N-methyl/N-ethyl adjacent to an activating group) is 1. The molecular formula is C13H26N4O. The molecular weight excluding hydrogens is 228 g/mol. The van der Waals surface area contributed by atoms with E-state index in [0.29, 0.717) is 12.1 Å². The molecule has 1 unspecified atom stereocenters. The van der Waals surface area contributed by atoms with Crippen LogP contribution in [0.2, 0.25) is 0 Å². The number of hydrogen-bond donors (Lipinski definition) is 2. The maximum absolute atomic E-state index is 11.0. The van der Waals surface area contributed by atoms with Gasteiger partial charge in [0, 0.05) is 31.7 Å². The molecule has 2 aliphatic rings. The first-order chi connectivity index (χ1) is 8.66. The summed E-state index contributed by atoms with van der Waals surface area (Å²) in [5.74, 6) is 0. The van der Waals surface area contributed by atoms with Crippen LogP contribution in [0.3, 0.4) is 0 Å². The van der Waals surface area contributed by atoms with Crippen molar-refractivity contribution in [2.24, 2.45) is 5.73 Å². The average Bonchev–Trinajstić information content (AvgIpc) is 2.38. The average molecular weight is 254 g/mol. The van der Waals surface area contributed by atoms with Crippen molar-refractivity contribution in [3.05, 3.63) is 0 Å². The first-order valence-corrected chi connectivity index (χ1v) is 7.15. The molecule has 2 amide bonds. The number of carbonyl (C=O) groups is 1. The van der Waals surface area contributed by atoms with E-state index in [1.807, 2.05) is 0 Å². The number of likely N-dealkylation sites (tertiary alicyclic amines) is 2. The highest BCUT2D eigenvalue weighted by Crippen LogP contribution is 2.15. The summed E-state index contributed by atoms with van der Waals surface area (Å²) >= 11 is 0. The second-order valence-electron chi connectivity index (χ2n) is 5.64. The summed E-state index contributed by atoms with van der Waals surface area (Å²) in [5.41, 5.74) is 5.28. The van der Waals surface area contributed by atoms with Gasteiger partial charge in [0.1, 0.15) is 0 Å². The predicted molar refractivity (Wildman–Crippen MR) is 72.5 cm³/mol. The van der Waals surface area contributed by atoms with Crippen molar-refractivity contribution in [3.8, 4) is 0 Å². The van der Waals surface area contributed by atoms with Gasteiger partial charge >= 0.3 is 6.03 Å². The third-order valence-corrected chi connectivity index (χ3v) is 4.37. The minimum absolute atomic E-state index is 0.277. The summed E-state index contributed by atoms with van der Waals surface area (Å²) in [6.07, 6.45) is 6.06. The number of rotatable bonds is 3. The maximum atomic E-state index is 11.0. The van der Waals surface area contributed by atoms with E-state index in [4.69, 9.17) is 5.73 Å². The van der Waals surface area contributed by atoms with Crippen LogP contribution >= 0.6 is 0 Å². The van der Waals surface area contributed by atoms with Crippen molar-refractivity contribution in [3.63, 3.8) is 0 Å². The van der Waals surface area contributed by atoms with Crippen LogP contribution in [0.5, 0.6) is 0 Å². The molecule has 0 aromatic rings. The normalized spacial score (nSPS) is 27.4. The summed E-state index contributed by atoms with van der Waals surface area (Å²) in [4.78, 5) is 15.2. The molecule has 0 aromatic heterocycles. The summed E-state index contributed by atoms with van der Waals surface area (Å²) in [6, 6.07) is 0.962. The van der Waals surface area contributed by atoms with E-state index >= 15 is 0 Å². The van der Waals surface area contributed by atoms with Gasteiger partial charge in [-0.1, -0.05) is 6.42 Å². The molecule has 3 N–H and O–H groups in total. The van der Waals surface area contributed by atoms with Gasteiger partial charge in [-0.3, -0.25) is 0 Å². The number of carbonyl (C=O) groups excluding carboxylic acids is 1. The van der Waals surface area contributed by atoms with Crippen LogP contribution in [0.15, 0.2) is 0 Å². The zero-order valence-corrected chi connectivity index (χ0v) is 11.4. The number of nitrogens with zero attached hydrogens (tertiary/aromatic N) is 2. The van der Waals surface area contributed by atoms with Crippen LogP contribution in [0.25, 0.3) is 0 Å². The zero-order valence-electron chi connectivity index (χ0n) is 11.4. The molecule has 2 aliphatic heterocycles. The van der Waals surface area contributed by atoms with Gasteiger partial charge in [-0.15, -0.1) is 0 Å². The van der Waals surface area contributed by atoms with Crippen LogP contribution < -0.4 is 11.1 Å². The third-order valence-electron chi connectivity index (χ3n) is 4.37. The molecule has 0 aromatic carbocycles. The lowest BCUT2D eigenvalue weighted by Gasteiger charge is -2.36. The Morgan fingerprint density at radius 1 is 1.22 bits per heavy atom. The fourth-order valence-corrected chi connectivity index (χ4v) is 3.01. The Morgan fingerprint density at radius 3 is 2.56 bits per heavy atom. The highest BCUT2D eigenvalue weighted by molar-refractivity contribution is 5.72. The Hall–Kier alpha value is -0.810. The van der Waals surface area contributed by atoms with E-state index in [9.17, 15) is 4.79 Å². The molecule has 2 fully saturated rings. The van der Waals surface area contributed by atoms with Crippen LogP contribution in [0, 0.1) is 0 Å². The summed E-state index contributed by atoms with van der Waals surface area (Å²) in [5, 5.41) is 3.66. The highest BCUT2D eigenvalue weighted by atomic mass is 16.2. The minimum Gasteiger partial charge on any atom is -0.351 e. The van der Waals surface area contributed by atoms with Gasteiger partial charge in [-0.05, 0) is 39.3 Å². The van der Waals surface area contributed by atoms with Crippen molar-refractivity contribution in [2.45, 2.75) is 44.2 Å². The van der Waals surface area contributed by atoms with E-state index in [2.05, 4.69) is 17.3 Å². The first-order valence-electron chi connectivity index (χ1n) is 7.15. The number of amides is 2. The van der Waals surface area contributed by atoms with Gasteiger partial charge in [0.25, 0.3) is 0 Å². The molecule has 0 aliphatic carbocycles. The smallest absolute Gasteiger partial charge is 0.314 e. The fourth-order valence-electron chi connectivity index (χ4n) is 3.01. The molecule has 18 heavy (non-hydrogen) atoms. The highest BCUT2D eigenvalue weighted by Gasteiger charge is 2.23. The largest absolute Gasteiger partial charge is 0.351 e. The van der Waals surface area contributed by atoms with Crippen LogP contribution in [0.1, 0.15) is 32.1 Å². The second-order valence-corrected chi connectivity index (χ2v) is 5.64. The fraction of sp³-hybridized carbons (Fsp3) is 0.923. The Bertz CT molecular complexity index is 276. The Balaban J connectivity index is 1.67. The van der Waals surface area contributed by atoms with E-state index in [-0.39, 0.29) is 6.03 Å². The van der Waals surface area contributed by atoms with Gasteiger partial charge in [-0.25, -0.2) is 4.79 Å². The Morgan fingerprint density at radius 2 is 1.94 bits per heavy atom. The molecule has 2 saturated heterocycles. The molecule has 0 bridgehead atoms. The molecule has 1 atom stereocenters. The van der Waals surface area contributed by atoms with E-state index in [0.717, 1.165) is 32.5 Å². The van der Waals surface area contributed by atoms with Gasteiger partial charge < -0.3 is 20.9 Å². The van der Waals surface area contributed by atoms with Crippen LogP contribution in [-0.2, 0) is 0 Å². The maximum Gasteiger partial charge on any atom is 0.314 e. The number of piperidine rings is 2. The van der Waals surface area contributed by atoms with Gasteiger partial charge in [0.2, 0.25) is 0 Å². The lowest BCUT2D eigenvalue weighted by molar-refractivity contribution is 0.162. The molecule has 0 spiro atoms. The van der Waals surface area contributed by atoms with E-state index in [1.54, 1.807) is 4.90 Å². The Labute approximate surface area is 110 Å². The molecule has 5 nitrogen and oxygen atoms in total. The zero-order chi connectivity index (χ0) is 13.0. The van der Waals surface area contributed by atoms with E-state index in [1.165, 1.54) is 25.8 Å². The molecule has 104 valence electrons. The minimum atomic E-state index is -0.277. The van der Waals surface area contributed by atoms with Crippen molar-refractivity contribution in [1.29, 1.82) is 0 Å². The van der Waals surface area contributed by atoms with Crippen LogP contribution in [0.4, 0.5) is 4.79 Å². The Kier molecular flexibility index (Phi) is 4.83. The van der Waals surface area contributed by atoms with Gasteiger partial charge in [0.05, 0.1) is 0 Å². The standard InChI is InChI=1S/C13H26N4O/c1-16-7-3-2-4-12(16)10-15-11-5-8-17(9-6-11)13(14)18/h11-12,15H,2-10H2,1H3,(H2,14,18). The molecule has 0 saturated carbocycles. The lowest BCUT2D eigenvalue weighted by Crippen LogP contribution is -2.50. The van der Waals surface area contributed by atoms with Crippen molar-refractivity contribution < 1.29 is 4.79 Å². The monoisotopic (exact) mass is 254 g/mol. The summed E-state index contributed by atoms with van der Waals surface area (Å²) in [6.45, 7) is 3.91. The first kappa shape index (κ1) is 13.6. The van der Waals surface area contributed by atoms with Crippen LogP contribution in [-0.4, -0.2) is 61.1 Å². The van der Waals surface area contributed by atoms with Crippen molar-refractivity contribution >= 4 is 6.03 Å². The van der Waals surface area contributed by atoms with Gasteiger partial charge in [-0.2, -0.15) is 0 Å². The molecule has 0 radical (unpaired) electrons. The molecule has 5 heteroatoms. The van der Waals surface area contributed by atoms with Gasteiger partial charge in [0.15, 0.2) is 0 Å². The van der Waals surface area contributed by atoms with Crippen molar-refractivity contribution in [2.75, 3.05) is 33.2 Å². The number of nitrogens with two attached hydrogens (primary N) is 1. The summed E-state index contributed by atoms with van der Waals surface area (Å²) < 4.78 is 0. The molecule has 2 rings (SSSR count). The number of urea groups is 1. The third kappa shape index (κ3) is 3.59. The van der Waals surface area contributed by atoms with Crippen molar-refractivity contribution in [1.82, 2.24) is 15.1 Å². The number of hydrogen-bond acceptors (Lipinski definition) is 3. The van der Waals surface area contributed by atoms with E-state index < -0.39 is 0 Å². The SMILES string of the molecule is CN1CCCCC1CNC1CCN(C(N)=O)CC1. The number of primary amides is 1. The number of nitrogens with one attached hydrogen (secondary N) is 1. The second kappa shape index (κ2) is 6.38. The summed E-state index contributed by atoms with van der Waals surface area (Å²) in [7, 11) is 2.22.